The highest BCUT2D eigenvalue weighted by atomic mass is 16.6. The number of benzene rings is 4. The molecule has 0 bridgehead atoms. The van der Waals surface area contributed by atoms with E-state index in [9.17, 15) is 0 Å². The molecule has 158 valence electrons. The van der Waals surface area contributed by atoms with Crippen LogP contribution in [-0.4, -0.2) is 17.0 Å². The molecule has 32 heavy (non-hydrogen) atoms. The summed E-state index contributed by atoms with van der Waals surface area (Å²) in [5.74, 6) is 0. The Morgan fingerprint density at radius 3 is 1.34 bits per heavy atom. The minimum atomic E-state index is 0.299. The quantitative estimate of drug-likeness (QED) is 0.400. The van der Waals surface area contributed by atoms with Crippen LogP contribution in [0, 0.1) is 27.7 Å². The molecule has 5 aromatic rings. The van der Waals surface area contributed by atoms with Crippen molar-refractivity contribution in [2.24, 2.45) is 0 Å². The molecular formula is C28H27BN2O. The lowest BCUT2D eigenvalue weighted by Crippen LogP contribution is -2.51. The summed E-state index contributed by atoms with van der Waals surface area (Å²) in [7, 11) is 0. The monoisotopic (exact) mass is 418 g/mol. The second-order valence-electron chi connectivity index (χ2n) is 8.33. The van der Waals surface area contributed by atoms with Crippen molar-refractivity contribution in [1.82, 2.24) is 10.3 Å². The van der Waals surface area contributed by atoms with Gasteiger partial charge in [0.1, 0.15) is 11.0 Å². The molecule has 0 aliphatic carbocycles. The third-order valence-corrected chi connectivity index (χ3v) is 5.77. The largest absolute Gasteiger partial charge is 0.243 e. The zero-order chi connectivity index (χ0) is 22.5. The maximum atomic E-state index is 4.63. The van der Waals surface area contributed by atoms with Gasteiger partial charge < -0.3 is 0 Å². The molecular weight excluding hydrogens is 391 g/mol. The molecule has 0 atom stereocenters. The van der Waals surface area contributed by atoms with E-state index in [0.717, 1.165) is 22.2 Å². The predicted octanol–water partition coefficient (Wildman–Crippen LogP) is 4.66. The van der Waals surface area contributed by atoms with Gasteiger partial charge in [0.2, 0.25) is 6.71 Å². The van der Waals surface area contributed by atoms with Gasteiger partial charge in [0.25, 0.3) is 0 Å². The number of hydrogen-bond acceptors (Lipinski definition) is 3. The highest BCUT2D eigenvalue weighted by Crippen LogP contribution is 2.17. The topological polar surface area (TPSA) is 38.9 Å². The molecule has 0 spiro atoms. The molecule has 4 aromatic carbocycles. The van der Waals surface area contributed by atoms with Crippen molar-refractivity contribution < 1.29 is 4.63 Å². The Morgan fingerprint density at radius 1 is 0.500 bits per heavy atom. The van der Waals surface area contributed by atoms with Crippen LogP contribution in [0.5, 0.6) is 0 Å². The Labute approximate surface area is 190 Å². The molecule has 0 fully saturated rings. The van der Waals surface area contributed by atoms with E-state index in [1.807, 2.05) is 26.0 Å². The van der Waals surface area contributed by atoms with E-state index >= 15 is 0 Å². The first-order chi connectivity index (χ1) is 15.5. The SMILES string of the molecule is Cc1ccc(B(c2ccccc2)c2ccc(C)cc2)cc1.Cc1ccc(C)c2nonc12. The molecule has 5 rings (SSSR count). The van der Waals surface area contributed by atoms with Gasteiger partial charge in [-0.05, 0) is 49.1 Å². The molecule has 1 aromatic heterocycles. The molecule has 4 heteroatoms. The zero-order valence-corrected chi connectivity index (χ0v) is 19.0. The van der Waals surface area contributed by atoms with Crippen LogP contribution in [0.15, 0.2) is 95.6 Å². The Kier molecular flexibility index (Phi) is 6.51. The van der Waals surface area contributed by atoms with E-state index in [1.54, 1.807) is 0 Å². The summed E-state index contributed by atoms with van der Waals surface area (Å²) in [6.07, 6.45) is 0. The number of nitrogens with zero attached hydrogens (tertiary/aromatic N) is 2. The van der Waals surface area contributed by atoms with Crippen LogP contribution < -0.4 is 16.4 Å². The number of aryl methyl sites for hydroxylation is 4. The Bertz CT molecular complexity index is 1210. The van der Waals surface area contributed by atoms with Crippen molar-refractivity contribution in [2.45, 2.75) is 27.7 Å². The van der Waals surface area contributed by atoms with Crippen LogP contribution in [0.4, 0.5) is 0 Å². The van der Waals surface area contributed by atoms with E-state index in [4.69, 9.17) is 0 Å². The van der Waals surface area contributed by atoms with Crippen LogP contribution >= 0.6 is 0 Å². The maximum Gasteiger partial charge on any atom is 0.241 e. The number of rotatable bonds is 3. The molecule has 0 saturated carbocycles. The van der Waals surface area contributed by atoms with Crippen LogP contribution in [0.1, 0.15) is 22.3 Å². The standard InChI is InChI=1S/C20H19B.C8H8N2O/c1-16-8-12-19(13-9-16)21(18-6-4-3-5-7-18)20-14-10-17(2)11-15-20;1-5-3-4-6(2)8-7(5)9-11-10-8/h3-15H,1-2H3;3-4H,1-2H3. The summed E-state index contributed by atoms with van der Waals surface area (Å²) in [4.78, 5) is 0. The highest BCUT2D eigenvalue weighted by Gasteiger charge is 2.20. The molecule has 0 saturated heterocycles. The van der Waals surface area contributed by atoms with Gasteiger partial charge in [-0.3, -0.25) is 0 Å². The van der Waals surface area contributed by atoms with Crippen molar-refractivity contribution in [3.8, 4) is 0 Å². The molecule has 3 nitrogen and oxygen atoms in total. The van der Waals surface area contributed by atoms with Crippen molar-refractivity contribution in [2.75, 3.05) is 0 Å². The summed E-state index contributed by atoms with van der Waals surface area (Å²) < 4.78 is 4.63. The first-order valence-electron chi connectivity index (χ1n) is 10.9. The maximum absolute atomic E-state index is 4.63. The van der Waals surface area contributed by atoms with Gasteiger partial charge in [0.15, 0.2) is 0 Å². The van der Waals surface area contributed by atoms with Crippen LogP contribution in [0.2, 0.25) is 0 Å². The van der Waals surface area contributed by atoms with Gasteiger partial charge in [-0.1, -0.05) is 119 Å². The summed E-state index contributed by atoms with van der Waals surface area (Å²) in [5.41, 5.74) is 10.6. The summed E-state index contributed by atoms with van der Waals surface area (Å²) >= 11 is 0. The number of fused-ring (bicyclic) bond motifs is 1. The minimum Gasteiger partial charge on any atom is -0.243 e. The van der Waals surface area contributed by atoms with Crippen LogP contribution in [0.3, 0.4) is 0 Å². The van der Waals surface area contributed by atoms with Crippen molar-refractivity contribution in [3.05, 3.63) is 113 Å². The van der Waals surface area contributed by atoms with Gasteiger partial charge in [-0.25, -0.2) is 4.63 Å². The van der Waals surface area contributed by atoms with Gasteiger partial charge in [0, 0.05) is 0 Å². The van der Waals surface area contributed by atoms with Gasteiger partial charge in [-0.2, -0.15) is 0 Å². The summed E-state index contributed by atoms with van der Waals surface area (Å²) in [6.45, 7) is 8.55. The lowest BCUT2D eigenvalue weighted by molar-refractivity contribution is 0.315. The van der Waals surface area contributed by atoms with Crippen molar-refractivity contribution in [3.63, 3.8) is 0 Å². The second-order valence-corrected chi connectivity index (χ2v) is 8.33. The summed E-state index contributed by atoms with van der Waals surface area (Å²) in [6, 6.07) is 32.5. The molecule has 0 aliphatic rings. The summed E-state index contributed by atoms with van der Waals surface area (Å²) in [5, 5.41) is 7.59. The fourth-order valence-corrected chi connectivity index (χ4v) is 3.85. The third kappa shape index (κ3) is 4.81. The van der Waals surface area contributed by atoms with E-state index in [-0.39, 0.29) is 0 Å². The third-order valence-electron chi connectivity index (χ3n) is 5.77. The van der Waals surface area contributed by atoms with Crippen molar-refractivity contribution in [1.29, 1.82) is 0 Å². The zero-order valence-electron chi connectivity index (χ0n) is 19.0. The minimum absolute atomic E-state index is 0.299. The second kappa shape index (κ2) is 9.65. The first-order valence-corrected chi connectivity index (χ1v) is 10.9. The number of hydrogen-bond donors (Lipinski definition) is 0. The van der Waals surface area contributed by atoms with E-state index < -0.39 is 0 Å². The first kappa shape index (κ1) is 21.6. The normalized spacial score (nSPS) is 10.5. The van der Waals surface area contributed by atoms with Gasteiger partial charge in [0.05, 0.1) is 0 Å². The van der Waals surface area contributed by atoms with Crippen LogP contribution in [0.25, 0.3) is 11.0 Å². The Hall–Kier alpha value is -3.66. The number of aromatic nitrogens is 2. The molecule has 0 N–H and O–H groups in total. The highest BCUT2D eigenvalue weighted by molar-refractivity contribution is 6.95. The van der Waals surface area contributed by atoms with E-state index in [2.05, 4.69) is 108 Å². The average Bonchev–Trinajstić information content (AvgIpc) is 3.32. The van der Waals surface area contributed by atoms with Gasteiger partial charge >= 0.3 is 0 Å². The fraction of sp³-hybridized carbons (Fsp3) is 0.143. The van der Waals surface area contributed by atoms with Crippen LogP contribution in [-0.2, 0) is 0 Å². The molecule has 0 amide bonds. The average molecular weight is 418 g/mol. The molecule has 0 aliphatic heterocycles. The molecule has 1 heterocycles. The Balaban J connectivity index is 0.000000186. The molecule has 0 radical (unpaired) electrons. The van der Waals surface area contributed by atoms with E-state index in [1.165, 1.54) is 27.5 Å². The smallest absolute Gasteiger partial charge is 0.241 e. The van der Waals surface area contributed by atoms with E-state index in [0.29, 0.717) is 6.71 Å². The molecule has 0 unspecified atom stereocenters. The predicted molar refractivity (Wildman–Crippen MR) is 135 cm³/mol. The fourth-order valence-electron chi connectivity index (χ4n) is 3.85. The van der Waals surface area contributed by atoms with Gasteiger partial charge in [-0.15, -0.1) is 0 Å². The lowest BCUT2D eigenvalue weighted by Gasteiger charge is -2.16. The lowest BCUT2D eigenvalue weighted by atomic mass is 9.37. The van der Waals surface area contributed by atoms with Crippen molar-refractivity contribution >= 4 is 34.1 Å². The Morgan fingerprint density at radius 2 is 0.906 bits per heavy atom.